The lowest BCUT2D eigenvalue weighted by molar-refractivity contribution is -0.143. The first-order chi connectivity index (χ1) is 38.5. The Labute approximate surface area is 465 Å². The summed E-state index contributed by atoms with van der Waals surface area (Å²) in [5, 5.41) is 34.6. The number of rotatable bonds is 8. The third-order valence-electron chi connectivity index (χ3n) is 12.4. The van der Waals surface area contributed by atoms with Crippen LogP contribution in [0.5, 0.6) is 0 Å². The van der Waals surface area contributed by atoms with Gasteiger partial charge in [0.2, 0.25) is 0 Å². The minimum Gasteiger partial charge on any atom is -0.476 e. The first-order valence-electron chi connectivity index (χ1n) is 25.6. The molecule has 81 heavy (non-hydrogen) atoms. The number of hydrogen-bond donors (Lipinski definition) is 2. The molecule has 0 amide bonds. The summed E-state index contributed by atoms with van der Waals surface area (Å²) in [5.41, 5.74) is 1.85. The Morgan fingerprint density at radius 1 is 0.605 bits per heavy atom. The minimum atomic E-state index is -4.38. The van der Waals surface area contributed by atoms with Gasteiger partial charge < -0.3 is 28.8 Å². The molecule has 4 aliphatic rings. The molecular formula is C50H59F9N12O8S2. The highest BCUT2D eigenvalue weighted by atomic mass is 32.1. The van der Waals surface area contributed by atoms with Gasteiger partial charge >= 0.3 is 30.5 Å². The van der Waals surface area contributed by atoms with E-state index in [9.17, 15) is 49.1 Å². The summed E-state index contributed by atoms with van der Waals surface area (Å²) >= 11 is 2.72. The molecule has 4 atom stereocenters. The lowest BCUT2D eigenvalue weighted by Gasteiger charge is -2.24. The molecule has 4 fully saturated rings. The van der Waals surface area contributed by atoms with E-state index in [1.165, 1.54) is 45.3 Å². The summed E-state index contributed by atoms with van der Waals surface area (Å²) in [6.07, 6.45) is 0.0928. The molecule has 11 rings (SSSR count). The summed E-state index contributed by atoms with van der Waals surface area (Å²) in [6.45, 7) is 8.14. The number of methoxy groups -OCH3 is 1. The van der Waals surface area contributed by atoms with Gasteiger partial charge in [-0.2, -0.15) is 65.0 Å². The van der Waals surface area contributed by atoms with Crippen LogP contribution in [0.1, 0.15) is 157 Å². The van der Waals surface area contributed by atoms with Gasteiger partial charge in [-0.15, -0.1) is 22.7 Å². The zero-order valence-corrected chi connectivity index (χ0v) is 45.9. The number of carboxylic acids is 1. The van der Waals surface area contributed by atoms with Crippen LogP contribution in [0.4, 0.5) is 39.5 Å². The van der Waals surface area contributed by atoms with Crippen molar-refractivity contribution in [3.05, 3.63) is 99.0 Å². The van der Waals surface area contributed by atoms with E-state index in [1.807, 2.05) is 35.3 Å². The smallest absolute Gasteiger partial charge is 0.435 e. The third kappa shape index (κ3) is 17.3. The number of carboxylic acid groups (broad SMARTS) is 1. The second-order valence-electron chi connectivity index (χ2n) is 18.6. The quantitative estimate of drug-likeness (QED) is 0.107. The molecule has 4 unspecified atom stereocenters. The van der Waals surface area contributed by atoms with E-state index in [4.69, 9.17) is 28.8 Å². The Kier molecular flexibility index (Phi) is 21.4. The maximum absolute atomic E-state index is 12.4. The standard InChI is InChI=1S/C14H17N3O3S.C13H15N3O3S.C10H13F3N2O.C9H11F3N2O.C4H3F3N2/c1-9-7-11(13-15-10(8-21-13)14(18)19-2)17(16-9)12-5-3-4-6-20-12;1-8-6-10(12-14-9(7-20-12)13(17)18)16(15-8)11-4-2-3-5-19-11;1-7-6-8(10(11,12)13)14-15(7)9-4-2-3-5-16-9;10-9(11,12)7-4-5-14(13-7)8-3-1-2-6-15-8;5-4(6,7)3-1-2-8-9-3/h7-8,12H,3-6H2,1-2H3;6-7,11H,2-5H2,1H3,(H,17,18);6,9H,2-5H2,1H3;4-5,8H,1-3,6H2;1-2H,(H,8,9). The molecule has 4 aliphatic heterocycles. The van der Waals surface area contributed by atoms with E-state index >= 15 is 0 Å². The molecule has 0 bridgehead atoms. The molecule has 0 saturated carbocycles. The van der Waals surface area contributed by atoms with E-state index < -0.39 is 47.5 Å². The second-order valence-corrected chi connectivity index (χ2v) is 20.4. The van der Waals surface area contributed by atoms with Gasteiger partial charge in [-0.25, -0.2) is 38.3 Å². The van der Waals surface area contributed by atoms with E-state index in [0.717, 1.165) is 142 Å². The fourth-order valence-electron chi connectivity index (χ4n) is 8.53. The molecule has 31 heteroatoms. The number of thiazole rings is 2. The predicted molar refractivity (Wildman–Crippen MR) is 273 cm³/mol. The number of carbonyl (C=O) groups is 2. The van der Waals surface area contributed by atoms with Crippen LogP contribution in [0, 0.1) is 20.8 Å². The van der Waals surface area contributed by atoms with Crippen LogP contribution < -0.4 is 0 Å². The predicted octanol–water partition coefficient (Wildman–Crippen LogP) is 12.5. The normalized spacial score (nSPS) is 19.6. The first-order valence-corrected chi connectivity index (χ1v) is 27.4. The molecule has 2 N–H and O–H groups in total. The maximum atomic E-state index is 12.4. The number of H-pyrrole nitrogens is 1. The average molecular weight is 1190 g/mol. The lowest BCUT2D eigenvalue weighted by atomic mass is 10.2. The van der Waals surface area contributed by atoms with Crippen LogP contribution in [0.2, 0.25) is 0 Å². The molecule has 4 saturated heterocycles. The van der Waals surface area contributed by atoms with Crippen molar-refractivity contribution in [1.29, 1.82) is 0 Å². The van der Waals surface area contributed by atoms with Gasteiger partial charge in [0.25, 0.3) is 0 Å². The highest BCUT2D eigenvalue weighted by Crippen LogP contribution is 2.35. The van der Waals surface area contributed by atoms with Crippen LogP contribution in [-0.2, 0) is 42.2 Å². The summed E-state index contributed by atoms with van der Waals surface area (Å²) < 4.78 is 142. The molecule has 0 radical (unpaired) electrons. The first kappa shape index (κ1) is 62.1. The van der Waals surface area contributed by atoms with Crippen LogP contribution in [-0.4, -0.2) is 110 Å². The molecule has 11 heterocycles. The van der Waals surface area contributed by atoms with Gasteiger partial charge in [0.15, 0.2) is 35.2 Å². The van der Waals surface area contributed by atoms with E-state index in [1.54, 1.807) is 22.8 Å². The largest absolute Gasteiger partial charge is 0.476 e. The van der Waals surface area contributed by atoms with Crippen molar-refractivity contribution < 1.29 is 77.9 Å². The summed E-state index contributed by atoms with van der Waals surface area (Å²) in [6, 6.07) is 6.79. The monoisotopic (exact) mass is 1190 g/mol. The molecule has 20 nitrogen and oxygen atoms in total. The number of aromatic carboxylic acids is 1. The van der Waals surface area contributed by atoms with Crippen LogP contribution in [0.3, 0.4) is 0 Å². The van der Waals surface area contributed by atoms with Gasteiger partial charge in [0.1, 0.15) is 39.6 Å². The number of nitrogens with one attached hydrogen (secondary N) is 1. The highest BCUT2D eigenvalue weighted by molar-refractivity contribution is 7.13. The molecular weight excluding hydrogens is 1130 g/mol. The topological polar surface area (TPSA) is 226 Å². The number of esters is 1. The average Bonchev–Trinajstić information content (AvgIpc) is 4.32. The van der Waals surface area contributed by atoms with Crippen molar-refractivity contribution in [2.24, 2.45) is 0 Å². The fraction of sp³-hybridized carbons (Fsp3) is 0.540. The van der Waals surface area contributed by atoms with Crippen LogP contribution in [0.15, 0.2) is 53.5 Å². The Morgan fingerprint density at radius 3 is 1.44 bits per heavy atom. The zero-order valence-electron chi connectivity index (χ0n) is 44.3. The number of alkyl halides is 9. The van der Waals surface area contributed by atoms with Crippen LogP contribution in [0.25, 0.3) is 21.4 Å². The zero-order chi connectivity index (χ0) is 58.5. The number of halogens is 9. The molecule has 0 spiro atoms. The number of aromatic amines is 1. The molecule has 0 aromatic carbocycles. The number of carbonyl (C=O) groups excluding carboxylic acids is 1. The lowest BCUT2D eigenvalue weighted by Crippen LogP contribution is -2.20. The van der Waals surface area contributed by atoms with E-state index in [2.05, 4.69) is 35.5 Å². The number of aromatic nitrogens is 12. The third-order valence-corrected chi connectivity index (χ3v) is 14.2. The van der Waals surface area contributed by atoms with Gasteiger partial charge in [-0.05, 0) is 128 Å². The van der Waals surface area contributed by atoms with Crippen molar-refractivity contribution in [3.8, 4) is 21.4 Å². The Hall–Kier alpha value is -6.54. The van der Waals surface area contributed by atoms with Crippen molar-refractivity contribution in [3.63, 3.8) is 0 Å². The summed E-state index contributed by atoms with van der Waals surface area (Å²) in [5.74, 6) is -1.43. The molecule has 7 aromatic rings. The van der Waals surface area contributed by atoms with Gasteiger partial charge in [-0.1, -0.05) is 0 Å². The number of ether oxygens (including phenoxy) is 5. The molecule has 442 valence electrons. The van der Waals surface area contributed by atoms with E-state index in [-0.39, 0.29) is 30.6 Å². The summed E-state index contributed by atoms with van der Waals surface area (Å²) in [4.78, 5) is 31.0. The van der Waals surface area contributed by atoms with Crippen molar-refractivity contribution in [2.45, 2.75) is 141 Å². The fourth-order valence-corrected chi connectivity index (χ4v) is 10.1. The van der Waals surface area contributed by atoms with Gasteiger partial charge in [-0.3, -0.25) is 5.10 Å². The van der Waals surface area contributed by atoms with Gasteiger partial charge in [0.05, 0.1) is 18.5 Å². The highest BCUT2D eigenvalue weighted by Gasteiger charge is 2.37. The Balaban J connectivity index is 0.000000149. The Bertz CT molecular complexity index is 3070. The van der Waals surface area contributed by atoms with E-state index in [0.29, 0.717) is 29.6 Å². The number of aryl methyl sites for hydroxylation is 3. The number of nitrogens with zero attached hydrogens (tertiary/aromatic N) is 11. The maximum Gasteiger partial charge on any atom is 0.435 e. The van der Waals surface area contributed by atoms with Crippen molar-refractivity contribution in [1.82, 2.24) is 59.3 Å². The molecule has 7 aromatic heterocycles. The minimum absolute atomic E-state index is 0.0482. The van der Waals surface area contributed by atoms with Crippen molar-refractivity contribution >= 4 is 34.6 Å². The SMILES string of the molecule is COC(=O)c1csc(-c2cc(C)nn2C2CCCCO2)n1.Cc1cc(-c2nc(C(=O)O)cs2)n(C2CCCCO2)n1.Cc1cc(C(F)(F)F)nn1C1CCCCO1.FC(F)(F)c1ccn(C2CCCCO2)n1.FC(F)(F)c1ccn[nH]1. The van der Waals surface area contributed by atoms with Gasteiger partial charge in [0, 0.05) is 55.3 Å². The van der Waals surface area contributed by atoms with Crippen molar-refractivity contribution in [2.75, 3.05) is 33.5 Å². The summed E-state index contributed by atoms with van der Waals surface area (Å²) in [7, 11) is 1.35. The Morgan fingerprint density at radius 2 is 1.07 bits per heavy atom. The second kappa shape index (κ2) is 28.0. The van der Waals surface area contributed by atoms with Crippen LogP contribution >= 0.6 is 22.7 Å². The molecule has 0 aliphatic carbocycles. The number of hydrogen-bond acceptors (Lipinski definition) is 16.